The molecule has 5 nitrogen and oxygen atoms in total. The minimum atomic E-state index is -0.418. The topological polar surface area (TPSA) is 71.2 Å². The van der Waals surface area contributed by atoms with E-state index in [1.54, 1.807) is 6.92 Å². The number of hydrogen-bond donors (Lipinski definition) is 2. The Bertz CT molecular complexity index is 319. The second kappa shape index (κ2) is 5.41. The number of piperidine rings is 1. The summed E-state index contributed by atoms with van der Waals surface area (Å²) in [6, 6.07) is 0.466. The zero-order chi connectivity index (χ0) is 11.4. The maximum absolute atomic E-state index is 9.20. The van der Waals surface area contributed by atoms with Crippen molar-refractivity contribution in [3.63, 3.8) is 0 Å². The molecule has 1 aromatic rings. The van der Waals surface area contributed by atoms with Crippen LogP contribution in [0.2, 0.25) is 0 Å². The minimum Gasteiger partial charge on any atom is -0.393 e. The van der Waals surface area contributed by atoms with E-state index < -0.39 is 6.10 Å². The molecule has 0 radical (unpaired) electrons. The minimum absolute atomic E-state index is 0.418. The summed E-state index contributed by atoms with van der Waals surface area (Å²) in [6.45, 7) is 2.80. The van der Waals surface area contributed by atoms with Gasteiger partial charge in [-0.15, -0.1) is 0 Å². The van der Waals surface area contributed by atoms with Gasteiger partial charge < -0.3 is 14.9 Å². The second-order valence-corrected chi connectivity index (χ2v) is 4.51. The highest BCUT2D eigenvalue weighted by molar-refractivity contribution is 4.91. The molecule has 2 unspecified atom stereocenters. The van der Waals surface area contributed by atoms with Gasteiger partial charge in [0.15, 0.2) is 5.82 Å². The van der Waals surface area contributed by atoms with Crippen LogP contribution in [-0.4, -0.2) is 33.9 Å². The van der Waals surface area contributed by atoms with E-state index in [2.05, 4.69) is 15.5 Å². The summed E-state index contributed by atoms with van der Waals surface area (Å²) < 4.78 is 5.16. The van der Waals surface area contributed by atoms with Crippen molar-refractivity contribution in [1.82, 2.24) is 15.5 Å². The summed E-state index contributed by atoms with van der Waals surface area (Å²) in [4.78, 5) is 4.27. The van der Waals surface area contributed by atoms with Crippen molar-refractivity contribution >= 4 is 0 Å². The van der Waals surface area contributed by atoms with Crippen molar-refractivity contribution in [1.29, 1.82) is 0 Å². The van der Waals surface area contributed by atoms with Gasteiger partial charge in [0.1, 0.15) is 0 Å². The highest BCUT2D eigenvalue weighted by Crippen LogP contribution is 2.12. The molecule has 2 heterocycles. The lowest BCUT2D eigenvalue weighted by Gasteiger charge is -2.21. The van der Waals surface area contributed by atoms with Gasteiger partial charge in [0.25, 0.3) is 0 Å². The molecule has 0 bridgehead atoms. The predicted molar refractivity (Wildman–Crippen MR) is 59.0 cm³/mol. The Morgan fingerprint density at radius 1 is 1.56 bits per heavy atom. The van der Waals surface area contributed by atoms with E-state index >= 15 is 0 Å². The third-order valence-corrected chi connectivity index (χ3v) is 2.82. The standard InChI is InChI=1S/C11H19N3O2/c1-8(15)6-10-13-11(16-14-10)7-9-4-2-3-5-12-9/h8-9,12,15H,2-7H2,1H3. The van der Waals surface area contributed by atoms with Crippen LogP contribution in [-0.2, 0) is 12.8 Å². The molecule has 0 spiro atoms. The number of aliphatic hydroxyl groups is 1. The SMILES string of the molecule is CC(O)Cc1noc(CC2CCCCN2)n1. The van der Waals surface area contributed by atoms with Gasteiger partial charge >= 0.3 is 0 Å². The summed E-state index contributed by atoms with van der Waals surface area (Å²) in [5, 5.41) is 16.5. The highest BCUT2D eigenvalue weighted by Gasteiger charge is 2.17. The molecule has 1 aromatic heterocycles. The number of aliphatic hydroxyl groups excluding tert-OH is 1. The lowest BCUT2D eigenvalue weighted by molar-refractivity contribution is 0.191. The molecule has 2 rings (SSSR count). The maximum atomic E-state index is 9.20. The van der Waals surface area contributed by atoms with E-state index in [1.807, 2.05) is 0 Å². The Labute approximate surface area is 95.2 Å². The van der Waals surface area contributed by atoms with Crippen LogP contribution in [0.3, 0.4) is 0 Å². The zero-order valence-corrected chi connectivity index (χ0v) is 9.65. The van der Waals surface area contributed by atoms with Crippen LogP contribution in [0.1, 0.15) is 37.9 Å². The van der Waals surface area contributed by atoms with E-state index in [-0.39, 0.29) is 0 Å². The van der Waals surface area contributed by atoms with Crippen LogP contribution in [0.5, 0.6) is 0 Å². The summed E-state index contributed by atoms with van der Waals surface area (Å²) in [5.74, 6) is 1.27. The normalized spacial score (nSPS) is 23.2. The van der Waals surface area contributed by atoms with Gasteiger partial charge in [-0.25, -0.2) is 0 Å². The fourth-order valence-corrected chi connectivity index (χ4v) is 2.03. The fourth-order valence-electron chi connectivity index (χ4n) is 2.03. The molecular weight excluding hydrogens is 206 g/mol. The third-order valence-electron chi connectivity index (χ3n) is 2.82. The van der Waals surface area contributed by atoms with Gasteiger partial charge in [-0.2, -0.15) is 4.98 Å². The van der Waals surface area contributed by atoms with Gasteiger partial charge in [0, 0.05) is 18.9 Å². The summed E-state index contributed by atoms with van der Waals surface area (Å²) in [5.41, 5.74) is 0. The number of aromatic nitrogens is 2. The predicted octanol–water partition coefficient (Wildman–Crippen LogP) is 0.677. The Hall–Kier alpha value is -0.940. The first-order chi connectivity index (χ1) is 7.74. The average Bonchev–Trinajstić information content (AvgIpc) is 2.66. The van der Waals surface area contributed by atoms with Gasteiger partial charge in [-0.3, -0.25) is 0 Å². The van der Waals surface area contributed by atoms with Gasteiger partial charge in [0.05, 0.1) is 6.10 Å². The fraction of sp³-hybridized carbons (Fsp3) is 0.818. The second-order valence-electron chi connectivity index (χ2n) is 4.51. The van der Waals surface area contributed by atoms with E-state index in [0.717, 1.165) is 13.0 Å². The Morgan fingerprint density at radius 2 is 2.44 bits per heavy atom. The molecule has 1 saturated heterocycles. The molecule has 1 aliphatic rings. The lowest BCUT2D eigenvalue weighted by atomic mass is 10.0. The molecule has 0 saturated carbocycles. The van der Waals surface area contributed by atoms with Crippen molar-refractivity contribution in [3.05, 3.63) is 11.7 Å². The number of rotatable bonds is 4. The summed E-state index contributed by atoms with van der Waals surface area (Å²) in [7, 11) is 0. The molecule has 90 valence electrons. The number of nitrogens with one attached hydrogen (secondary N) is 1. The van der Waals surface area contributed by atoms with Crippen LogP contribution in [0.4, 0.5) is 0 Å². The van der Waals surface area contributed by atoms with Crippen LogP contribution < -0.4 is 5.32 Å². The van der Waals surface area contributed by atoms with Crippen molar-refractivity contribution in [2.45, 2.75) is 51.2 Å². The van der Waals surface area contributed by atoms with E-state index in [0.29, 0.717) is 24.2 Å². The first-order valence-electron chi connectivity index (χ1n) is 5.97. The number of nitrogens with zero attached hydrogens (tertiary/aromatic N) is 2. The van der Waals surface area contributed by atoms with E-state index in [1.165, 1.54) is 19.3 Å². The molecule has 0 amide bonds. The quantitative estimate of drug-likeness (QED) is 0.788. The lowest BCUT2D eigenvalue weighted by Crippen LogP contribution is -2.35. The van der Waals surface area contributed by atoms with Crippen molar-refractivity contribution in [2.75, 3.05) is 6.54 Å². The Kier molecular flexibility index (Phi) is 3.90. The molecule has 5 heteroatoms. The van der Waals surface area contributed by atoms with Crippen LogP contribution in [0.25, 0.3) is 0 Å². The largest absolute Gasteiger partial charge is 0.393 e. The van der Waals surface area contributed by atoms with Crippen LogP contribution in [0, 0.1) is 0 Å². The molecule has 0 aromatic carbocycles. The Balaban J connectivity index is 1.86. The van der Waals surface area contributed by atoms with E-state index in [4.69, 9.17) is 4.52 Å². The third kappa shape index (κ3) is 3.28. The monoisotopic (exact) mass is 225 g/mol. The molecule has 2 N–H and O–H groups in total. The highest BCUT2D eigenvalue weighted by atomic mass is 16.5. The van der Waals surface area contributed by atoms with Gasteiger partial charge in [0.2, 0.25) is 5.89 Å². The summed E-state index contributed by atoms with van der Waals surface area (Å²) in [6.07, 6.45) is 4.54. The molecule has 1 aliphatic heterocycles. The van der Waals surface area contributed by atoms with Gasteiger partial charge in [-0.1, -0.05) is 11.6 Å². The smallest absolute Gasteiger partial charge is 0.228 e. The van der Waals surface area contributed by atoms with Crippen molar-refractivity contribution < 1.29 is 9.63 Å². The first-order valence-corrected chi connectivity index (χ1v) is 5.97. The van der Waals surface area contributed by atoms with E-state index in [9.17, 15) is 5.11 Å². The molecule has 1 fully saturated rings. The maximum Gasteiger partial charge on any atom is 0.228 e. The molecule has 2 atom stereocenters. The van der Waals surface area contributed by atoms with Crippen LogP contribution in [0.15, 0.2) is 4.52 Å². The van der Waals surface area contributed by atoms with Crippen LogP contribution >= 0.6 is 0 Å². The molecular formula is C11H19N3O2. The van der Waals surface area contributed by atoms with Crippen molar-refractivity contribution in [3.8, 4) is 0 Å². The van der Waals surface area contributed by atoms with Crippen molar-refractivity contribution in [2.24, 2.45) is 0 Å². The number of hydrogen-bond acceptors (Lipinski definition) is 5. The average molecular weight is 225 g/mol. The summed E-state index contributed by atoms with van der Waals surface area (Å²) >= 11 is 0. The van der Waals surface area contributed by atoms with Gasteiger partial charge in [-0.05, 0) is 26.3 Å². The zero-order valence-electron chi connectivity index (χ0n) is 9.65. The molecule has 0 aliphatic carbocycles. The Morgan fingerprint density at radius 3 is 3.12 bits per heavy atom. The first kappa shape index (κ1) is 11.5. The molecule has 16 heavy (non-hydrogen) atoms.